The lowest BCUT2D eigenvalue weighted by Gasteiger charge is -2.38. The number of hydrogen-bond donors (Lipinski definition) is 1. The molecule has 1 aliphatic heterocycles. The Kier molecular flexibility index (Phi) is 8.11. The molecule has 10 nitrogen and oxygen atoms in total. The summed E-state index contributed by atoms with van der Waals surface area (Å²) in [5.74, 6) is 1.50. The molecule has 10 heteroatoms. The van der Waals surface area contributed by atoms with Crippen molar-refractivity contribution in [2.75, 3.05) is 62.7 Å². The van der Waals surface area contributed by atoms with Gasteiger partial charge in [0, 0.05) is 37.9 Å². The van der Waals surface area contributed by atoms with Crippen molar-refractivity contribution in [3.63, 3.8) is 0 Å². The normalized spacial score (nSPS) is 14.5. The molecule has 3 aromatic carbocycles. The zero-order chi connectivity index (χ0) is 29.1. The highest BCUT2D eigenvalue weighted by molar-refractivity contribution is 6.03. The van der Waals surface area contributed by atoms with Crippen LogP contribution < -0.4 is 30.3 Å². The maximum atomic E-state index is 14.1. The molecule has 5 rings (SSSR count). The van der Waals surface area contributed by atoms with Crippen LogP contribution in [0.25, 0.3) is 10.9 Å². The maximum Gasteiger partial charge on any atom is 0.327 e. The number of para-hydroxylation sites is 1. The van der Waals surface area contributed by atoms with Crippen LogP contribution in [0.4, 0.5) is 16.2 Å². The molecular weight excluding hydrogens is 520 g/mol. The molecule has 214 valence electrons. The van der Waals surface area contributed by atoms with E-state index in [9.17, 15) is 9.59 Å². The fraction of sp³-hybridized carbons (Fsp3) is 0.323. The minimum Gasteiger partial charge on any atom is -0.497 e. The number of aromatic nitrogens is 2. The minimum atomic E-state index is -0.668. The number of rotatable bonds is 7. The van der Waals surface area contributed by atoms with Crippen LogP contribution in [0.5, 0.6) is 11.5 Å². The number of carbonyl (C=O) groups excluding carboxylic acids is 1. The third-order valence-electron chi connectivity index (χ3n) is 7.44. The van der Waals surface area contributed by atoms with Gasteiger partial charge in [-0.15, -0.1) is 0 Å². The van der Waals surface area contributed by atoms with Gasteiger partial charge in [0.15, 0.2) is 5.82 Å². The number of benzene rings is 3. The first-order chi connectivity index (χ1) is 19.8. The molecule has 1 atom stereocenters. The van der Waals surface area contributed by atoms with Gasteiger partial charge >= 0.3 is 6.03 Å². The van der Waals surface area contributed by atoms with Gasteiger partial charge in [-0.25, -0.2) is 14.5 Å². The SMILES string of the molecule is COc1ccc(N(C(=O)Nc2cccc(C)c2)C(C)c2nc3ccccc3c(=O)n2N2CCN(C)CC2)c(OC)c1. The molecule has 2 heterocycles. The molecule has 1 aliphatic rings. The summed E-state index contributed by atoms with van der Waals surface area (Å²) in [6.07, 6.45) is 0. The number of likely N-dealkylation sites (N-methyl/N-ethyl adjacent to an activating group) is 1. The lowest BCUT2D eigenvalue weighted by molar-refractivity contribution is 0.253. The first-order valence-electron chi connectivity index (χ1n) is 13.6. The molecule has 0 radical (unpaired) electrons. The van der Waals surface area contributed by atoms with Gasteiger partial charge in [0.05, 0.1) is 36.9 Å². The second-order valence-electron chi connectivity index (χ2n) is 10.2. The van der Waals surface area contributed by atoms with Crippen molar-refractivity contribution >= 4 is 28.3 Å². The van der Waals surface area contributed by atoms with Crippen molar-refractivity contribution in [3.05, 3.63) is 88.5 Å². The van der Waals surface area contributed by atoms with Crippen LogP contribution >= 0.6 is 0 Å². The number of carbonyl (C=O) groups is 1. The van der Waals surface area contributed by atoms with Gasteiger partial charge in [-0.2, -0.15) is 0 Å². The van der Waals surface area contributed by atoms with Crippen LogP contribution in [-0.2, 0) is 0 Å². The molecule has 0 saturated carbocycles. The monoisotopic (exact) mass is 556 g/mol. The number of fused-ring (bicyclic) bond motifs is 1. The zero-order valence-corrected chi connectivity index (χ0v) is 24.1. The van der Waals surface area contributed by atoms with Crippen LogP contribution in [-0.4, -0.2) is 68.0 Å². The van der Waals surface area contributed by atoms with Crippen LogP contribution in [0.3, 0.4) is 0 Å². The van der Waals surface area contributed by atoms with Crippen LogP contribution in [0.1, 0.15) is 24.4 Å². The second kappa shape index (κ2) is 11.9. The Balaban J connectivity index is 1.68. The number of nitrogens with zero attached hydrogens (tertiary/aromatic N) is 5. The first-order valence-corrected chi connectivity index (χ1v) is 13.6. The van der Waals surface area contributed by atoms with Crippen molar-refractivity contribution in [3.8, 4) is 11.5 Å². The number of amides is 2. The molecule has 1 N–H and O–H groups in total. The molecule has 1 saturated heterocycles. The first kappa shape index (κ1) is 28.0. The molecule has 1 fully saturated rings. The van der Waals surface area contributed by atoms with E-state index < -0.39 is 6.04 Å². The average Bonchev–Trinajstić information content (AvgIpc) is 2.98. The number of hydrogen-bond acceptors (Lipinski definition) is 7. The van der Waals surface area contributed by atoms with Crippen LogP contribution in [0, 0.1) is 6.92 Å². The molecule has 0 spiro atoms. The Hall–Kier alpha value is -4.57. The van der Waals surface area contributed by atoms with E-state index in [-0.39, 0.29) is 11.6 Å². The van der Waals surface area contributed by atoms with E-state index in [0.29, 0.717) is 52.7 Å². The number of anilines is 2. The van der Waals surface area contributed by atoms with E-state index >= 15 is 0 Å². The van der Waals surface area contributed by atoms with Crippen molar-refractivity contribution in [2.45, 2.75) is 19.9 Å². The van der Waals surface area contributed by atoms with Crippen molar-refractivity contribution < 1.29 is 14.3 Å². The summed E-state index contributed by atoms with van der Waals surface area (Å²) in [4.78, 5) is 36.9. The largest absolute Gasteiger partial charge is 0.497 e. The summed E-state index contributed by atoms with van der Waals surface area (Å²) in [5.41, 5.74) is 2.60. The van der Waals surface area contributed by atoms with E-state index in [2.05, 4.69) is 17.3 Å². The summed E-state index contributed by atoms with van der Waals surface area (Å²) in [7, 11) is 5.19. The quantitative estimate of drug-likeness (QED) is 0.361. The number of nitrogens with one attached hydrogen (secondary N) is 1. The Morgan fingerprint density at radius 1 is 0.976 bits per heavy atom. The summed E-state index contributed by atoms with van der Waals surface area (Å²) in [6.45, 7) is 6.75. The summed E-state index contributed by atoms with van der Waals surface area (Å²) in [5, 5.41) is 5.58. The predicted octanol–water partition coefficient (Wildman–Crippen LogP) is 4.41. The maximum absolute atomic E-state index is 14.1. The molecule has 1 unspecified atom stereocenters. The number of ether oxygens (including phenoxy) is 2. The molecule has 0 aliphatic carbocycles. The van der Waals surface area contributed by atoms with E-state index in [1.807, 2.05) is 61.3 Å². The van der Waals surface area contributed by atoms with Crippen molar-refractivity contribution in [1.29, 1.82) is 0 Å². The highest BCUT2D eigenvalue weighted by Gasteiger charge is 2.32. The van der Waals surface area contributed by atoms with Crippen LogP contribution in [0.2, 0.25) is 0 Å². The number of aryl methyl sites for hydroxylation is 1. The zero-order valence-electron chi connectivity index (χ0n) is 24.1. The Labute approximate surface area is 239 Å². The highest BCUT2D eigenvalue weighted by atomic mass is 16.5. The number of urea groups is 1. The van der Waals surface area contributed by atoms with E-state index in [0.717, 1.165) is 18.7 Å². The van der Waals surface area contributed by atoms with E-state index in [4.69, 9.17) is 14.5 Å². The third-order valence-corrected chi connectivity index (χ3v) is 7.44. The van der Waals surface area contributed by atoms with Crippen LogP contribution in [0.15, 0.2) is 71.5 Å². The Morgan fingerprint density at radius 3 is 2.44 bits per heavy atom. The summed E-state index contributed by atoms with van der Waals surface area (Å²) < 4.78 is 12.8. The molecule has 4 aromatic rings. The van der Waals surface area contributed by atoms with Crippen molar-refractivity contribution in [1.82, 2.24) is 14.6 Å². The highest BCUT2D eigenvalue weighted by Crippen LogP contribution is 2.37. The fourth-order valence-electron chi connectivity index (χ4n) is 5.18. The van der Waals surface area contributed by atoms with Gasteiger partial charge in [0.25, 0.3) is 5.56 Å². The minimum absolute atomic E-state index is 0.164. The smallest absolute Gasteiger partial charge is 0.327 e. The van der Waals surface area contributed by atoms with Gasteiger partial charge < -0.3 is 24.7 Å². The molecule has 41 heavy (non-hydrogen) atoms. The van der Waals surface area contributed by atoms with E-state index in [1.165, 1.54) is 0 Å². The predicted molar refractivity (Wildman–Crippen MR) is 162 cm³/mol. The Morgan fingerprint density at radius 2 is 1.73 bits per heavy atom. The van der Waals surface area contributed by atoms with Gasteiger partial charge in [-0.3, -0.25) is 9.69 Å². The van der Waals surface area contributed by atoms with Gasteiger partial charge in [0.2, 0.25) is 0 Å². The average molecular weight is 557 g/mol. The third kappa shape index (κ3) is 5.69. The van der Waals surface area contributed by atoms with Gasteiger partial charge in [-0.1, -0.05) is 24.3 Å². The summed E-state index contributed by atoms with van der Waals surface area (Å²) in [6, 6.07) is 19.2. The fourth-order valence-corrected chi connectivity index (χ4v) is 5.18. The van der Waals surface area contributed by atoms with Gasteiger partial charge in [-0.05, 0) is 62.9 Å². The topological polar surface area (TPSA) is 92.2 Å². The van der Waals surface area contributed by atoms with Crippen molar-refractivity contribution in [2.24, 2.45) is 0 Å². The number of piperazine rings is 1. The molecule has 1 aromatic heterocycles. The molecule has 2 amide bonds. The standard InChI is InChI=1S/C31H36N6O4/c1-21-9-8-10-23(19-21)32-31(39)36(27-14-13-24(40-4)20-28(27)41-5)22(2)29-33-26-12-7-6-11-25(26)30(38)37(29)35-17-15-34(3)16-18-35/h6-14,19-20,22H,15-18H2,1-5H3,(H,32,39). The van der Waals surface area contributed by atoms with E-state index in [1.54, 1.807) is 48.1 Å². The molecular formula is C31H36N6O4. The molecule has 0 bridgehead atoms. The van der Waals surface area contributed by atoms with Gasteiger partial charge in [0.1, 0.15) is 11.5 Å². The lowest BCUT2D eigenvalue weighted by Crippen LogP contribution is -2.55. The summed E-state index contributed by atoms with van der Waals surface area (Å²) >= 11 is 0. The lowest BCUT2D eigenvalue weighted by atomic mass is 10.1. The Bertz CT molecular complexity index is 1610. The second-order valence-corrected chi connectivity index (χ2v) is 10.2. The number of methoxy groups -OCH3 is 2.